The number of aromatic amines is 1. The maximum atomic E-state index is 12.8. The van der Waals surface area contributed by atoms with E-state index < -0.39 is 0 Å². The lowest BCUT2D eigenvalue weighted by atomic mass is 9.95. The van der Waals surface area contributed by atoms with E-state index in [0.717, 1.165) is 44.7 Å². The van der Waals surface area contributed by atoms with Gasteiger partial charge in [-0.05, 0) is 67.6 Å². The highest BCUT2D eigenvalue weighted by Gasteiger charge is 2.25. The van der Waals surface area contributed by atoms with E-state index >= 15 is 0 Å². The molecule has 0 saturated carbocycles. The summed E-state index contributed by atoms with van der Waals surface area (Å²) < 4.78 is 0.957. The van der Waals surface area contributed by atoms with Crippen LogP contribution in [0.25, 0.3) is 22.4 Å². The third kappa shape index (κ3) is 3.16. The first-order chi connectivity index (χ1) is 13.7. The lowest BCUT2D eigenvalue weighted by Gasteiger charge is -2.12. The Kier molecular flexibility index (Phi) is 4.53. The van der Waals surface area contributed by atoms with Crippen LogP contribution in [0.5, 0.6) is 0 Å². The van der Waals surface area contributed by atoms with Crippen molar-refractivity contribution in [2.45, 2.75) is 25.7 Å². The fraction of sp³-hybridized carbons (Fsp3) is 0.182. The molecule has 0 aliphatic heterocycles. The quantitative estimate of drug-likeness (QED) is 0.390. The highest BCUT2D eigenvalue weighted by atomic mass is 79.9. The Morgan fingerprint density at radius 1 is 1.07 bits per heavy atom. The Morgan fingerprint density at radius 3 is 2.68 bits per heavy atom. The van der Waals surface area contributed by atoms with Crippen LogP contribution in [0.3, 0.4) is 0 Å². The van der Waals surface area contributed by atoms with Gasteiger partial charge < -0.3 is 10.3 Å². The molecule has 2 aromatic heterocycles. The molecule has 0 saturated heterocycles. The highest BCUT2D eigenvalue weighted by Crippen LogP contribution is 2.43. The summed E-state index contributed by atoms with van der Waals surface area (Å²) in [6.07, 6.45) is 4.48. The second-order valence-corrected chi connectivity index (χ2v) is 9.00. The minimum Gasteiger partial charge on any atom is -0.338 e. The van der Waals surface area contributed by atoms with Crippen molar-refractivity contribution in [3.8, 4) is 11.4 Å². The summed E-state index contributed by atoms with van der Waals surface area (Å²) in [5.41, 5.74) is 4.99. The van der Waals surface area contributed by atoms with E-state index in [4.69, 9.17) is 4.98 Å². The summed E-state index contributed by atoms with van der Waals surface area (Å²) in [5, 5.41) is 4.04. The molecule has 0 fully saturated rings. The Bertz CT molecular complexity index is 1140. The van der Waals surface area contributed by atoms with Crippen molar-refractivity contribution in [1.82, 2.24) is 9.97 Å². The lowest BCUT2D eigenvalue weighted by molar-refractivity contribution is 0.102. The summed E-state index contributed by atoms with van der Waals surface area (Å²) in [5.74, 6) is 0.746. The predicted octanol–water partition coefficient (Wildman–Crippen LogP) is 6.19. The number of para-hydroxylation sites is 2. The third-order valence-corrected chi connectivity index (χ3v) is 6.87. The first-order valence-corrected chi connectivity index (χ1v) is 11.0. The summed E-state index contributed by atoms with van der Waals surface area (Å²) in [4.78, 5) is 22.5. The van der Waals surface area contributed by atoms with Crippen molar-refractivity contribution in [2.75, 3.05) is 5.32 Å². The van der Waals surface area contributed by atoms with Crippen LogP contribution in [-0.2, 0) is 12.8 Å². The van der Waals surface area contributed by atoms with Crippen LogP contribution in [0.15, 0.2) is 53.0 Å². The number of amides is 1. The van der Waals surface area contributed by atoms with Gasteiger partial charge in [0.25, 0.3) is 5.91 Å². The van der Waals surface area contributed by atoms with Gasteiger partial charge in [-0.15, -0.1) is 11.3 Å². The summed E-state index contributed by atoms with van der Waals surface area (Å²) in [6.45, 7) is 0. The maximum absolute atomic E-state index is 12.8. The molecular weight excluding hydrogens is 434 g/mol. The summed E-state index contributed by atoms with van der Waals surface area (Å²) in [7, 11) is 0. The zero-order valence-electron chi connectivity index (χ0n) is 15.1. The second-order valence-electron chi connectivity index (χ2n) is 6.98. The molecule has 2 aromatic carbocycles. The van der Waals surface area contributed by atoms with Crippen LogP contribution >= 0.6 is 27.3 Å². The van der Waals surface area contributed by atoms with Crippen LogP contribution < -0.4 is 5.32 Å². The Balaban J connectivity index is 1.58. The van der Waals surface area contributed by atoms with Gasteiger partial charge in [-0.2, -0.15) is 0 Å². The average Bonchev–Trinajstić information content (AvgIpc) is 3.28. The molecule has 1 aliphatic rings. The number of hydrogen-bond acceptors (Lipinski definition) is 3. The van der Waals surface area contributed by atoms with Crippen molar-refractivity contribution in [3.63, 3.8) is 0 Å². The zero-order chi connectivity index (χ0) is 19.1. The van der Waals surface area contributed by atoms with Crippen LogP contribution in [0.4, 0.5) is 5.00 Å². The number of carbonyl (C=O) groups is 1. The van der Waals surface area contributed by atoms with Gasteiger partial charge in [-0.3, -0.25) is 4.79 Å². The Morgan fingerprint density at radius 2 is 1.86 bits per heavy atom. The van der Waals surface area contributed by atoms with Gasteiger partial charge in [0.1, 0.15) is 10.8 Å². The van der Waals surface area contributed by atoms with E-state index in [1.807, 2.05) is 48.5 Å². The number of carbonyl (C=O) groups excluding carboxylic acids is 1. The fourth-order valence-corrected chi connectivity index (χ4v) is 5.30. The number of rotatable bonds is 3. The molecule has 0 spiro atoms. The number of aryl methyl sites for hydroxylation is 1. The van der Waals surface area contributed by atoms with E-state index in [1.54, 1.807) is 11.3 Å². The van der Waals surface area contributed by atoms with Crippen molar-refractivity contribution in [2.24, 2.45) is 0 Å². The maximum Gasteiger partial charge on any atom is 0.256 e. The van der Waals surface area contributed by atoms with E-state index in [9.17, 15) is 4.79 Å². The molecule has 1 aliphatic carbocycles. The number of thiophene rings is 1. The predicted molar refractivity (Wildman–Crippen MR) is 118 cm³/mol. The van der Waals surface area contributed by atoms with Crippen molar-refractivity contribution >= 4 is 49.2 Å². The molecule has 0 atom stereocenters. The molecule has 4 nitrogen and oxygen atoms in total. The normalized spacial score (nSPS) is 13.5. The molecule has 0 unspecified atom stereocenters. The van der Waals surface area contributed by atoms with Gasteiger partial charge in [0, 0.05) is 14.9 Å². The van der Waals surface area contributed by atoms with Gasteiger partial charge in [-0.25, -0.2) is 4.98 Å². The SMILES string of the molecule is O=C(Nc1sc2c(c1-c1nc3ccccc3[nH]1)CCCC2)c1ccc(Br)cc1. The number of nitrogens with zero attached hydrogens (tertiary/aromatic N) is 1. The molecule has 0 bridgehead atoms. The van der Waals surface area contributed by atoms with Crippen molar-refractivity contribution in [1.29, 1.82) is 0 Å². The minimum absolute atomic E-state index is 0.0940. The number of anilines is 1. The molecule has 2 N–H and O–H groups in total. The van der Waals surface area contributed by atoms with Gasteiger partial charge in [0.15, 0.2) is 0 Å². The second kappa shape index (κ2) is 7.18. The number of H-pyrrole nitrogens is 1. The fourth-order valence-electron chi connectivity index (χ4n) is 3.75. The zero-order valence-corrected chi connectivity index (χ0v) is 17.5. The molecule has 6 heteroatoms. The Hall–Kier alpha value is -2.44. The molecule has 5 rings (SSSR count). The summed E-state index contributed by atoms with van der Waals surface area (Å²) in [6, 6.07) is 15.5. The number of halogens is 1. The van der Waals surface area contributed by atoms with Crippen molar-refractivity contribution < 1.29 is 4.79 Å². The largest absolute Gasteiger partial charge is 0.338 e. The monoisotopic (exact) mass is 451 g/mol. The molecule has 2 heterocycles. The molecular formula is C22H18BrN3OS. The molecule has 0 radical (unpaired) electrons. The van der Waals surface area contributed by atoms with E-state index in [1.165, 1.54) is 23.3 Å². The smallest absolute Gasteiger partial charge is 0.256 e. The topological polar surface area (TPSA) is 57.8 Å². The first-order valence-electron chi connectivity index (χ1n) is 9.35. The van der Waals surface area contributed by atoms with Crippen LogP contribution in [0.2, 0.25) is 0 Å². The lowest BCUT2D eigenvalue weighted by Crippen LogP contribution is -2.11. The average molecular weight is 452 g/mol. The molecule has 28 heavy (non-hydrogen) atoms. The first kappa shape index (κ1) is 17.6. The van der Waals surface area contributed by atoms with Crippen LogP contribution in [-0.4, -0.2) is 15.9 Å². The van der Waals surface area contributed by atoms with Gasteiger partial charge in [0.05, 0.1) is 16.6 Å². The van der Waals surface area contributed by atoms with Gasteiger partial charge in [-0.1, -0.05) is 28.1 Å². The van der Waals surface area contributed by atoms with Crippen LogP contribution in [0, 0.1) is 0 Å². The number of hydrogen-bond donors (Lipinski definition) is 2. The number of imidazole rings is 1. The van der Waals surface area contributed by atoms with E-state index in [2.05, 4.69) is 26.2 Å². The number of fused-ring (bicyclic) bond motifs is 2. The highest BCUT2D eigenvalue weighted by molar-refractivity contribution is 9.10. The standard InChI is InChI=1S/C22H18BrN3OS/c23-14-11-9-13(10-12-14)21(27)26-22-19(15-5-1-4-8-18(15)28-22)20-24-16-6-2-3-7-17(16)25-20/h2-3,6-7,9-12H,1,4-5,8H2,(H,24,25)(H,26,27). The minimum atomic E-state index is -0.0940. The third-order valence-electron chi connectivity index (χ3n) is 5.13. The molecule has 4 aromatic rings. The number of benzene rings is 2. The number of nitrogens with one attached hydrogen (secondary N) is 2. The van der Waals surface area contributed by atoms with Gasteiger partial charge in [0.2, 0.25) is 0 Å². The number of aromatic nitrogens is 2. The summed E-state index contributed by atoms with van der Waals surface area (Å²) >= 11 is 5.11. The van der Waals surface area contributed by atoms with Crippen LogP contribution in [0.1, 0.15) is 33.6 Å². The van der Waals surface area contributed by atoms with E-state index in [-0.39, 0.29) is 5.91 Å². The van der Waals surface area contributed by atoms with E-state index in [0.29, 0.717) is 5.56 Å². The van der Waals surface area contributed by atoms with Crippen molar-refractivity contribution in [3.05, 3.63) is 69.0 Å². The molecule has 140 valence electrons. The Labute approximate surface area is 175 Å². The van der Waals surface area contributed by atoms with Gasteiger partial charge >= 0.3 is 0 Å². The molecule has 1 amide bonds.